The Balaban J connectivity index is 2.02. The van der Waals surface area contributed by atoms with E-state index in [0.29, 0.717) is 11.8 Å². The third kappa shape index (κ3) is 1.94. The average Bonchev–Trinajstić information content (AvgIpc) is 2.67. The summed E-state index contributed by atoms with van der Waals surface area (Å²) in [5, 5.41) is 0. The van der Waals surface area contributed by atoms with Crippen molar-refractivity contribution in [3.8, 4) is 0 Å². The first-order valence-corrected chi connectivity index (χ1v) is 6.55. The third-order valence-electron chi connectivity index (χ3n) is 3.56. The number of nitrogens with zero attached hydrogens (tertiary/aromatic N) is 4. The van der Waals surface area contributed by atoms with E-state index < -0.39 is 0 Å². The predicted octanol–water partition coefficient (Wildman–Crippen LogP) is 2.14. The molecule has 1 saturated heterocycles. The first kappa shape index (κ1) is 11.4. The molecule has 0 aromatic carbocycles. The van der Waals surface area contributed by atoms with Crippen LogP contribution in [0, 0.1) is 18.8 Å². The molecule has 1 fully saturated rings. The second-order valence-corrected chi connectivity index (χ2v) is 5.57. The molecule has 0 amide bonds. The minimum atomic E-state index is 0.711. The van der Waals surface area contributed by atoms with Gasteiger partial charge in [0.1, 0.15) is 17.7 Å². The summed E-state index contributed by atoms with van der Waals surface area (Å²) < 4.78 is 0. The molecule has 0 aliphatic carbocycles. The van der Waals surface area contributed by atoms with Crippen LogP contribution in [0.4, 0.5) is 5.82 Å². The van der Waals surface area contributed by atoms with Gasteiger partial charge in [0.2, 0.25) is 0 Å². The summed E-state index contributed by atoms with van der Waals surface area (Å²) in [6.07, 6.45) is 2.91. The number of aryl methyl sites for hydroxylation is 1. The molecule has 1 aliphatic heterocycles. The maximum absolute atomic E-state index is 4.46. The normalized spacial score (nSPS) is 24.7. The number of piperidine rings is 1. The van der Waals surface area contributed by atoms with Crippen LogP contribution in [-0.4, -0.2) is 33.0 Å². The van der Waals surface area contributed by atoms with Crippen molar-refractivity contribution in [2.24, 2.45) is 11.8 Å². The van der Waals surface area contributed by atoms with Crippen molar-refractivity contribution in [2.45, 2.75) is 27.2 Å². The van der Waals surface area contributed by atoms with E-state index in [0.717, 1.165) is 35.9 Å². The van der Waals surface area contributed by atoms with E-state index in [4.69, 9.17) is 0 Å². The fourth-order valence-electron chi connectivity index (χ4n) is 3.01. The van der Waals surface area contributed by atoms with Gasteiger partial charge in [-0.1, -0.05) is 13.8 Å². The van der Waals surface area contributed by atoms with Crippen molar-refractivity contribution in [2.75, 3.05) is 18.0 Å². The second-order valence-electron chi connectivity index (χ2n) is 5.57. The Morgan fingerprint density at radius 3 is 2.67 bits per heavy atom. The van der Waals surface area contributed by atoms with Gasteiger partial charge in [0.25, 0.3) is 0 Å². The van der Waals surface area contributed by atoms with E-state index in [1.165, 1.54) is 6.42 Å². The zero-order valence-electron chi connectivity index (χ0n) is 11.1. The number of anilines is 1. The molecule has 18 heavy (non-hydrogen) atoms. The van der Waals surface area contributed by atoms with Crippen LogP contribution < -0.4 is 4.90 Å². The van der Waals surface area contributed by atoms with Crippen LogP contribution >= 0.6 is 0 Å². The molecule has 96 valence electrons. The predicted molar refractivity (Wildman–Crippen MR) is 71.6 cm³/mol. The van der Waals surface area contributed by atoms with Gasteiger partial charge < -0.3 is 9.88 Å². The Kier molecular flexibility index (Phi) is 2.69. The quantitative estimate of drug-likeness (QED) is 0.836. The molecule has 3 rings (SSSR count). The highest BCUT2D eigenvalue weighted by molar-refractivity contribution is 5.83. The van der Waals surface area contributed by atoms with Gasteiger partial charge in [-0.15, -0.1) is 0 Å². The summed E-state index contributed by atoms with van der Waals surface area (Å²) in [4.78, 5) is 18.7. The number of H-pyrrole nitrogens is 1. The molecule has 0 spiro atoms. The molecule has 5 nitrogen and oxygen atoms in total. The molecule has 0 bridgehead atoms. The number of hydrogen-bond donors (Lipinski definition) is 1. The molecular weight excluding hydrogens is 226 g/mol. The van der Waals surface area contributed by atoms with Crippen LogP contribution in [0.5, 0.6) is 0 Å². The zero-order chi connectivity index (χ0) is 12.7. The highest BCUT2D eigenvalue weighted by Crippen LogP contribution is 2.28. The lowest BCUT2D eigenvalue weighted by atomic mass is 9.92. The van der Waals surface area contributed by atoms with Gasteiger partial charge in [-0.2, -0.15) is 0 Å². The Morgan fingerprint density at radius 1 is 1.22 bits per heavy atom. The van der Waals surface area contributed by atoms with Gasteiger partial charge in [0, 0.05) is 13.1 Å². The van der Waals surface area contributed by atoms with Crippen LogP contribution in [-0.2, 0) is 0 Å². The third-order valence-corrected chi connectivity index (χ3v) is 3.56. The summed E-state index contributed by atoms with van der Waals surface area (Å²) in [5.41, 5.74) is 1.74. The fraction of sp³-hybridized carbons (Fsp3) is 0.615. The van der Waals surface area contributed by atoms with Gasteiger partial charge in [-0.05, 0) is 25.2 Å². The van der Waals surface area contributed by atoms with Gasteiger partial charge in [-0.3, -0.25) is 0 Å². The molecule has 2 aromatic heterocycles. The molecule has 2 atom stereocenters. The Hall–Kier alpha value is -1.65. The highest BCUT2D eigenvalue weighted by atomic mass is 15.2. The molecular formula is C13H19N5. The van der Waals surface area contributed by atoms with Crippen LogP contribution in [0.1, 0.15) is 26.1 Å². The van der Waals surface area contributed by atoms with Gasteiger partial charge >= 0.3 is 0 Å². The summed E-state index contributed by atoms with van der Waals surface area (Å²) >= 11 is 0. The van der Waals surface area contributed by atoms with Crippen LogP contribution in [0.15, 0.2) is 6.33 Å². The fourth-order valence-corrected chi connectivity index (χ4v) is 3.01. The number of imidazole rings is 1. The average molecular weight is 245 g/mol. The summed E-state index contributed by atoms with van der Waals surface area (Å²) in [5.74, 6) is 3.31. The second kappa shape index (κ2) is 4.23. The van der Waals surface area contributed by atoms with Crippen LogP contribution in [0.3, 0.4) is 0 Å². The highest BCUT2D eigenvalue weighted by Gasteiger charge is 2.24. The van der Waals surface area contributed by atoms with Gasteiger partial charge in [0.05, 0.1) is 0 Å². The van der Waals surface area contributed by atoms with Crippen molar-refractivity contribution >= 4 is 17.0 Å². The Bertz CT molecular complexity index is 552. The zero-order valence-corrected chi connectivity index (χ0v) is 11.1. The number of aromatic nitrogens is 4. The lowest BCUT2D eigenvalue weighted by Crippen LogP contribution is -2.39. The SMILES string of the molecule is Cc1nc2ncnc(N3C[C@@H](C)C[C@H](C)C3)c2[nH]1. The molecule has 1 N–H and O–H groups in total. The largest absolute Gasteiger partial charge is 0.354 e. The van der Waals surface area contributed by atoms with Gasteiger partial charge in [-0.25, -0.2) is 15.0 Å². The molecule has 1 aliphatic rings. The maximum atomic E-state index is 4.46. The summed E-state index contributed by atoms with van der Waals surface area (Å²) in [6.45, 7) is 8.69. The number of nitrogens with one attached hydrogen (secondary N) is 1. The van der Waals surface area contributed by atoms with Crippen LogP contribution in [0.2, 0.25) is 0 Å². The van der Waals surface area contributed by atoms with Crippen molar-refractivity contribution in [1.82, 2.24) is 19.9 Å². The molecule has 2 aromatic rings. The lowest BCUT2D eigenvalue weighted by molar-refractivity contribution is 0.355. The van der Waals surface area contributed by atoms with E-state index in [2.05, 4.69) is 38.7 Å². The van der Waals surface area contributed by atoms with Crippen molar-refractivity contribution in [3.05, 3.63) is 12.2 Å². The number of rotatable bonds is 1. The smallest absolute Gasteiger partial charge is 0.183 e. The maximum Gasteiger partial charge on any atom is 0.183 e. The van der Waals surface area contributed by atoms with Gasteiger partial charge in [0.15, 0.2) is 11.5 Å². The van der Waals surface area contributed by atoms with E-state index in [1.54, 1.807) is 6.33 Å². The summed E-state index contributed by atoms with van der Waals surface area (Å²) in [6, 6.07) is 0. The first-order chi connectivity index (χ1) is 8.63. The lowest BCUT2D eigenvalue weighted by Gasteiger charge is -2.35. The molecule has 5 heteroatoms. The monoisotopic (exact) mass is 245 g/mol. The number of aromatic amines is 1. The van der Waals surface area contributed by atoms with Crippen molar-refractivity contribution in [3.63, 3.8) is 0 Å². The summed E-state index contributed by atoms with van der Waals surface area (Å²) in [7, 11) is 0. The Morgan fingerprint density at radius 2 is 1.94 bits per heavy atom. The van der Waals surface area contributed by atoms with E-state index in [9.17, 15) is 0 Å². The van der Waals surface area contributed by atoms with E-state index >= 15 is 0 Å². The topological polar surface area (TPSA) is 57.7 Å². The first-order valence-electron chi connectivity index (χ1n) is 6.55. The number of hydrogen-bond acceptors (Lipinski definition) is 4. The minimum Gasteiger partial charge on any atom is -0.354 e. The molecule has 0 unspecified atom stereocenters. The van der Waals surface area contributed by atoms with E-state index in [1.807, 2.05) is 6.92 Å². The van der Waals surface area contributed by atoms with Crippen LogP contribution in [0.25, 0.3) is 11.2 Å². The molecule has 0 saturated carbocycles. The molecule has 0 radical (unpaired) electrons. The molecule has 3 heterocycles. The number of fused-ring (bicyclic) bond motifs is 1. The van der Waals surface area contributed by atoms with E-state index in [-0.39, 0.29) is 0 Å². The minimum absolute atomic E-state index is 0.711. The van der Waals surface area contributed by atoms with Crippen molar-refractivity contribution in [1.29, 1.82) is 0 Å². The Labute approximate surface area is 107 Å². The van der Waals surface area contributed by atoms with Crippen molar-refractivity contribution < 1.29 is 0 Å². The standard InChI is InChI=1S/C13H19N5/c1-8-4-9(2)6-18(5-8)13-11-12(14-7-15-13)17-10(3)16-11/h7-9H,4-6H2,1-3H3,(H,14,15,16,17)/t8-,9-/m0/s1.